The molecule has 0 radical (unpaired) electrons. The molecule has 2 N–H and O–H groups in total. The molecule has 0 fully saturated rings. The van der Waals surface area contributed by atoms with Gasteiger partial charge in [0.2, 0.25) is 0 Å². The number of allylic oxidation sites excluding steroid dienone is 1. The lowest BCUT2D eigenvalue weighted by Gasteiger charge is -1.91. The Balaban J connectivity index is 2.80. The van der Waals surface area contributed by atoms with Crippen molar-refractivity contribution >= 4 is 0 Å². The van der Waals surface area contributed by atoms with Crippen LogP contribution in [0.3, 0.4) is 0 Å². The van der Waals surface area contributed by atoms with Crippen LogP contribution in [0.2, 0.25) is 0 Å². The molecule has 0 atom stereocenters. The van der Waals surface area contributed by atoms with E-state index in [0.29, 0.717) is 6.54 Å². The molecule has 0 heterocycles. The monoisotopic (exact) mass is 115 g/mol. The van der Waals surface area contributed by atoms with Crippen molar-refractivity contribution in [3.8, 4) is 0 Å². The van der Waals surface area contributed by atoms with Gasteiger partial charge in [0.1, 0.15) is 0 Å². The topological polar surface area (TPSA) is 32.3 Å². The van der Waals surface area contributed by atoms with E-state index in [1.54, 1.807) is 0 Å². The second kappa shape index (κ2) is 6.50. The minimum Gasteiger partial charge on any atom is -0.395 e. The van der Waals surface area contributed by atoms with Gasteiger partial charge in [-0.3, -0.25) is 0 Å². The van der Waals surface area contributed by atoms with E-state index in [9.17, 15) is 0 Å². The van der Waals surface area contributed by atoms with Crippen LogP contribution in [0.25, 0.3) is 0 Å². The van der Waals surface area contributed by atoms with Gasteiger partial charge in [0.25, 0.3) is 0 Å². The Labute approximate surface area is 50.2 Å². The Morgan fingerprint density at radius 3 is 2.88 bits per heavy atom. The lowest BCUT2D eigenvalue weighted by Crippen LogP contribution is -2.09. The summed E-state index contributed by atoms with van der Waals surface area (Å²) in [6, 6.07) is 0. The van der Waals surface area contributed by atoms with Crippen molar-refractivity contribution in [2.24, 2.45) is 0 Å². The first-order valence-corrected chi connectivity index (χ1v) is 2.91. The molecule has 48 valence electrons. The molecule has 0 unspecified atom stereocenters. The Morgan fingerprint density at radius 1 is 1.62 bits per heavy atom. The van der Waals surface area contributed by atoms with Gasteiger partial charge in [-0.25, -0.2) is 0 Å². The Hall–Kier alpha value is -0.500. The molecule has 8 heavy (non-hydrogen) atoms. The standard InChI is InChI=1S/C6H13NO/c1-2-3-4-7-5-6-8/h3-4,7-8H,2,5-6H2,1H3/b4-3-. The van der Waals surface area contributed by atoms with E-state index in [-0.39, 0.29) is 6.61 Å². The van der Waals surface area contributed by atoms with Crippen LogP contribution in [-0.4, -0.2) is 18.3 Å². The van der Waals surface area contributed by atoms with Gasteiger partial charge in [-0.05, 0) is 12.6 Å². The smallest absolute Gasteiger partial charge is 0.0603 e. The van der Waals surface area contributed by atoms with Crippen molar-refractivity contribution in [2.75, 3.05) is 13.2 Å². The molecule has 0 rings (SSSR count). The SMILES string of the molecule is CC/C=C\NCCO. The third-order valence-electron chi connectivity index (χ3n) is 0.728. The molecule has 0 amide bonds. The van der Waals surface area contributed by atoms with Gasteiger partial charge in [0.05, 0.1) is 6.61 Å². The highest BCUT2D eigenvalue weighted by atomic mass is 16.3. The van der Waals surface area contributed by atoms with E-state index in [1.807, 2.05) is 12.3 Å². The van der Waals surface area contributed by atoms with E-state index < -0.39 is 0 Å². The van der Waals surface area contributed by atoms with E-state index in [1.165, 1.54) is 0 Å². The lowest BCUT2D eigenvalue weighted by molar-refractivity contribution is 0.298. The molecule has 0 saturated heterocycles. The third-order valence-corrected chi connectivity index (χ3v) is 0.728. The first-order chi connectivity index (χ1) is 3.91. The van der Waals surface area contributed by atoms with Gasteiger partial charge in [-0.2, -0.15) is 0 Å². The van der Waals surface area contributed by atoms with Gasteiger partial charge in [0.15, 0.2) is 0 Å². The number of hydrogen-bond acceptors (Lipinski definition) is 2. The van der Waals surface area contributed by atoms with Gasteiger partial charge >= 0.3 is 0 Å². The van der Waals surface area contributed by atoms with E-state index in [0.717, 1.165) is 6.42 Å². The molecule has 0 aromatic rings. The summed E-state index contributed by atoms with van der Waals surface area (Å²) in [6.45, 7) is 2.92. The molecule has 0 aliphatic heterocycles. The van der Waals surface area contributed by atoms with Gasteiger partial charge in [-0.1, -0.05) is 13.0 Å². The Morgan fingerprint density at radius 2 is 2.38 bits per heavy atom. The van der Waals surface area contributed by atoms with Crippen molar-refractivity contribution < 1.29 is 5.11 Å². The maximum absolute atomic E-state index is 8.27. The lowest BCUT2D eigenvalue weighted by atomic mass is 10.5. The minimum atomic E-state index is 0.202. The van der Waals surface area contributed by atoms with Crippen molar-refractivity contribution in [1.82, 2.24) is 5.32 Å². The van der Waals surface area contributed by atoms with E-state index >= 15 is 0 Å². The third kappa shape index (κ3) is 5.50. The zero-order valence-corrected chi connectivity index (χ0v) is 5.22. The molecule has 2 nitrogen and oxygen atoms in total. The summed E-state index contributed by atoms with van der Waals surface area (Å²) in [4.78, 5) is 0. The summed E-state index contributed by atoms with van der Waals surface area (Å²) >= 11 is 0. The molecule has 0 aliphatic carbocycles. The summed E-state index contributed by atoms with van der Waals surface area (Å²) in [6.07, 6.45) is 4.91. The molecule has 2 heteroatoms. The summed E-state index contributed by atoms with van der Waals surface area (Å²) in [5, 5.41) is 11.2. The average molecular weight is 115 g/mol. The Bertz CT molecular complexity index is 61.5. The molecule has 0 aromatic carbocycles. The molecular weight excluding hydrogens is 102 g/mol. The predicted octanol–water partition coefficient (Wildman–Crippen LogP) is 0.492. The fourth-order valence-electron chi connectivity index (χ4n) is 0.349. The average Bonchev–Trinajstić information content (AvgIpc) is 1.81. The van der Waals surface area contributed by atoms with Crippen molar-refractivity contribution in [2.45, 2.75) is 13.3 Å². The zero-order chi connectivity index (χ0) is 6.24. The maximum Gasteiger partial charge on any atom is 0.0603 e. The first kappa shape index (κ1) is 7.50. The summed E-state index contributed by atoms with van der Waals surface area (Å²) in [5.41, 5.74) is 0. The second-order valence-corrected chi connectivity index (χ2v) is 1.49. The van der Waals surface area contributed by atoms with Crippen LogP contribution in [0.4, 0.5) is 0 Å². The van der Waals surface area contributed by atoms with Crippen LogP contribution in [0.5, 0.6) is 0 Å². The number of rotatable bonds is 4. The maximum atomic E-state index is 8.27. The predicted molar refractivity (Wildman–Crippen MR) is 34.5 cm³/mol. The molecular formula is C6H13NO. The van der Waals surface area contributed by atoms with Crippen LogP contribution in [0, 0.1) is 0 Å². The van der Waals surface area contributed by atoms with Gasteiger partial charge in [0, 0.05) is 6.54 Å². The fourth-order valence-corrected chi connectivity index (χ4v) is 0.349. The van der Waals surface area contributed by atoms with Crippen LogP contribution < -0.4 is 5.32 Å². The number of hydrogen-bond donors (Lipinski definition) is 2. The fraction of sp³-hybridized carbons (Fsp3) is 0.667. The first-order valence-electron chi connectivity index (χ1n) is 2.91. The number of aliphatic hydroxyl groups excluding tert-OH is 1. The highest BCUT2D eigenvalue weighted by Gasteiger charge is 1.71. The quantitative estimate of drug-likeness (QED) is 0.523. The summed E-state index contributed by atoms with van der Waals surface area (Å²) in [7, 11) is 0. The van der Waals surface area contributed by atoms with Crippen LogP contribution in [-0.2, 0) is 0 Å². The largest absolute Gasteiger partial charge is 0.395 e. The molecule has 0 bridgehead atoms. The van der Waals surface area contributed by atoms with Crippen LogP contribution in [0.15, 0.2) is 12.3 Å². The van der Waals surface area contributed by atoms with Gasteiger partial charge < -0.3 is 10.4 Å². The molecule has 0 aromatic heterocycles. The number of aliphatic hydroxyl groups is 1. The van der Waals surface area contributed by atoms with Crippen molar-refractivity contribution in [1.29, 1.82) is 0 Å². The van der Waals surface area contributed by atoms with Crippen molar-refractivity contribution in [3.05, 3.63) is 12.3 Å². The van der Waals surface area contributed by atoms with Gasteiger partial charge in [-0.15, -0.1) is 0 Å². The minimum absolute atomic E-state index is 0.202. The summed E-state index contributed by atoms with van der Waals surface area (Å²) in [5.74, 6) is 0. The molecule has 0 spiro atoms. The Kier molecular flexibility index (Phi) is 6.09. The molecule has 0 saturated carbocycles. The normalized spacial score (nSPS) is 10.2. The van der Waals surface area contributed by atoms with Crippen molar-refractivity contribution in [3.63, 3.8) is 0 Å². The zero-order valence-electron chi connectivity index (χ0n) is 5.22. The van der Waals surface area contributed by atoms with Crippen LogP contribution >= 0.6 is 0 Å². The van der Waals surface area contributed by atoms with E-state index in [4.69, 9.17) is 5.11 Å². The molecule has 0 aliphatic rings. The number of nitrogens with one attached hydrogen (secondary N) is 1. The summed E-state index contributed by atoms with van der Waals surface area (Å²) < 4.78 is 0. The second-order valence-electron chi connectivity index (χ2n) is 1.49. The van der Waals surface area contributed by atoms with Crippen LogP contribution in [0.1, 0.15) is 13.3 Å². The highest BCUT2D eigenvalue weighted by molar-refractivity contribution is 4.76. The highest BCUT2D eigenvalue weighted by Crippen LogP contribution is 1.73. The van der Waals surface area contributed by atoms with E-state index in [2.05, 4.69) is 12.2 Å².